The molecule has 0 unspecified atom stereocenters. The summed E-state index contributed by atoms with van der Waals surface area (Å²) in [6, 6.07) is 5.14. The third-order valence-corrected chi connectivity index (χ3v) is 5.58. The van der Waals surface area contributed by atoms with E-state index in [1.165, 1.54) is 18.3 Å². The number of aromatic nitrogens is 2. The van der Waals surface area contributed by atoms with Gasteiger partial charge in [-0.05, 0) is 19.1 Å². The Bertz CT molecular complexity index is 1010. The van der Waals surface area contributed by atoms with Gasteiger partial charge in [0.15, 0.2) is 5.78 Å². The molecule has 0 aliphatic heterocycles. The van der Waals surface area contributed by atoms with Crippen LogP contribution in [0.4, 0.5) is 5.69 Å². The topological polar surface area (TPSA) is 98.3 Å². The lowest BCUT2D eigenvalue weighted by molar-refractivity contribution is 0.102. The molecule has 0 saturated carbocycles. The van der Waals surface area contributed by atoms with Crippen LogP contribution in [0, 0.1) is 0 Å². The zero-order valence-electron chi connectivity index (χ0n) is 13.9. The fourth-order valence-electron chi connectivity index (χ4n) is 2.39. The molecule has 0 fully saturated rings. The maximum atomic E-state index is 11.9. The lowest BCUT2D eigenvalue weighted by Crippen LogP contribution is -2.17. The summed E-state index contributed by atoms with van der Waals surface area (Å²) in [7, 11) is 0. The van der Waals surface area contributed by atoms with Crippen LogP contribution in [0.3, 0.4) is 0 Å². The predicted molar refractivity (Wildman–Crippen MR) is 104 cm³/mol. The molecule has 1 aromatic carbocycles. The number of hydrogen-bond donors (Lipinski definition) is 2. The van der Waals surface area contributed by atoms with Crippen molar-refractivity contribution in [3.05, 3.63) is 33.1 Å². The molecule has 26 heavy (non-hydrogen) atoms. The number of nitrogen functional groups attached to an aromatic ring is 1. The molecule has 9 heteroatoms. The van der Waals surface area contributed by atoms with Crippen molar-refractivity contribution in [2.75, 3.05) is 12.3 Å². The number of fused-ring (bicyclic) bond motifs is 1. The maximum Gasteiger partial charge on any atom is 0.318 e. The fourth-order valence-corrected chi connectivity index (χ4v) is 3.67. The van der Waals surface area contributed by atoms with Crippen LogP contribution in [0.2, 0.25) is 10.0 Å². The van der Waals surface area contributed by atoms with E-state index in [0.717, 1.165) is 0 Å². The Hall–Kier alpha value is -1.93. The average Bonchev–Trinajstić information content (AvgIpc) is 2.93. The maximum absolute atomic E-state index is 11.9. The van der Waals surface area contributed by atoms with Gasteiger partial charge in [0.25, 0.3) is 0 Å². The highest BCUT2D eigenvalue weighted by atomic mass is 35.5. The first kappa shape index (κ1) is 18.8. The summed E-state index contributed by atoms with van der Waals surface area (Å²) >= 11 is 13.3. The summed E-state index contributed by atoms with van der Waals surface area (Å²) in [6.07, 6.45) is -0.487. The van der Waals surface area contributed by atoms with Crippen molar-refractivity contribution in [2.24, 2.45) is 0 Å². The number of halogens is 2. The van der Waals surface area contributed by atoms with E-state index < -0.39 is 6.10 Å². The van der Waals surface area contributed by atoms with E-state index in [0.29, 0.717) is 42.1 Å². The lowest BCUT2D eigenvalue weighted by Gasteiger charge is -2.12. The molecular formula is C17H15Cl2N3O3S. The second-order valence-corrected chi connectivity index (χ2v) is 7.49. The van der Waals surface area contributed by atoms with Gasteiger partial charge < -0.3 is 15.6 Å². The van der Waals surface area contributed by atoms with Gasteiger partial charge in [0.2, 0.25) is 0 Å². The molecule has 0 radical (unpaired) electrons. The summed E-state index contributed by atoms with van der Waals surface area (Å²) in [4.78, 5) is 21.6. The number of benzene rings is 1. The molecule has 3 aromatic rings. The van der Waals surface area contributed by atoms with Gasteiger partial charge in [-0.25, -0.2) is 0 Å². The van der Waals surface area contributed by atoms with Gasteiger partial charge in [0, 0.05) is 12.5 Å². The Kier molecular flexibility index (Phi) is 5.34. The van der Waals surface area contributed by atoms with Crippen LogP contribution in [-0.2, 0) is 0 Å². The SMILES string of the molecule is CC(=O)c1sc2nc(O[C@H](C)CO)nc(-c3ccc(Cl)c(Cl)c3)c2c1N. The highest BCUT2D eigenvalue weighted by molar-refractivity contribution is 7.21. The molecule has 0 saturated heterocycles. The van der Waals surface area contributed by atoms with Crippen LogP contribution in [0.15, 0.2) is 18.2 Å². The minimum Gasteiger partial charge on any atom is -0.458 e. The number of anilines is 1. The van der Waals surface area contributed by atoms with E-state index in [1.54, 1.807) is 25.1 Å². The second-order valence-electron chi connectivity index (χ2n) is 5.68. The van der Waals surface area contributed by atoms with Gasteiger partial charge >= 0.3 is 6.01 Å². The van der Waals surface area contributed by atoms with E-state index in [1.807, 2.05) is 0 Å². The average molecular weight is 412 g/mol. The van der Waals surface area contributed by atoms with Gasteiger partial charge in [0.05, 0.1) is 38.3 Å². The van der Waals surface area contributed by atoms with Crippen molar-refractivity contribution in [3.8, 4) is 17.3 Å². The summed E-state index contributed by atoms with van der Waals surface area (Å²) in [6.45, 7) is 2.95. The number of carbonyl (C=O) groups excluding carboxylic acids is 1. The smallest absolute Gasteiger partial charge is 0.318 e. The summed E-state index contributed by atoms with van der Waals surface area (Å²) < 4.78 is 5.55. The fraction of sp³-hybridized carbons (Fsp3) is 0.235. The number of nitrogens with two attached hydrogens (primary N) is 1. The molecular weight excluding hydrogens is 397 g/mol. The lowest BCUT2D eigenvalue weighted by atomic mass is 10.1. The highest BCUT2D eigenvalue weighted by Crippen LogP contribution is 2.40. The van der Waals surface area contributed by atoms with Crippen LogP contribution in [0.5, 0.6) is 6.01 Å². The Balaban J connectivity index is 2.29. The van der Waals surface area contributed by atoms with Crippen LogP contribution in [0.25, 0.3) is 21.5 Å². The zero-order chi connectivity index (χ0) is 19.0. The van der Waals surface area contributed by atoms with E-state index in [2.05, 4.69) is 9.97 Å². The molecule has 0 aliphatic carbocycles. The Labute approximate surface area is 163 Å². The molecule has 1 atom stereocenters. The Morgan fingerprint density at radius 1 is 1.35 bits per heavy atom. The van der Waals surface area contributed by atoms with Crippen LogP contribution >= 0.6 is 34.5 Å². The molecule has 0 amide bonds. The molecule has 3 N–H and O–H groups in total. The Morgan fingerprint density at radius 3 is 2.69 bits per heavy atom. The third-order valence-electron chi connectivity index (χ3n) is 3.64. The van der Waals surface area contributed by atoms with Crippen molar-refractivity contribution in [1.82, 2.24) is 9.97 Å². The molecule has 0 aliphatic rings. The second kappa shape index (κ2) is 7.36. The number of thiophene rings is 1. The van der Waals surface area contributed by atoms with E-state index in [9.17, 15) is 9.90 Å². The molecule has 136 valence electrons. The molecule has 2 aromatic heterocycles. The van der Waals surface area contributed by atoms with Crippen molar-refractivity contribution in [1.29, 1.82) is 0 Å². The van der Waals surface area contributed by atoms with Crippen LogP contribution in [0.1, 0.15) is 23.5 Å². The van der Waals surface area contributed by atoms with Crippen LogP contribution < -0.4 is 10.5 Å². The van der Waals surface area contributed by atoms with Gasteiger partial charge in [0.1, 0.15) is 10.9 Å². The number of ketones is 1. The number of Topliss-reactive ketones (excluding diaryl/α,β-unsaturated/α-hetero) is 1. The van der Waals surface area contributed by atoms with E-state index in [4.69, 9.17) is 33.7 Å². The summed E-state index contributed by atoms with van der Waals surface area (Å²) in [5.41, 5.74) is 7.65. The standard InChI is InChI=1S/C17H15Cl2N3O3S/c1-7(6-23)25-17-21-14(9-3-4-10(18)11(19)5-9)12-13(20)15(8(2)24)26-16(12)22-17/h3-5,7,23H,6,20H2,1-2H3/t7-/m1/s1. The normalized spacial score (nSPS) is 12.3. The first-order chi connectivity index (χ1) is 12.3. The molecule has 2 heterocycles. The van der Waals surface area contributed by atoms with E-state index >= 15 is 0 Å². The van der Waals surface area contributed by atoms with Gasteiger partial charge in [-0.15, -0.1) is 11.3 Å². The van der Waals surface area contributed by atoms with Crippen molar-refractivity contribution >= 4 is 56.2 Å². The largest absolute Gasteiger partial charge is 0.458 e. The molecule has 6 nitrogen and oxygen atoms in total. The number of hydrogen-bond acceptors (Lipinski definition) is 7. The molecule has 0 bridgehead atoms. The third kappa shape index (κ3) is 3.48. The Morgan fingerprint density at radius 2 is 2.08 bits per heavy atom. The highest BCUT2D eigenvalue weighted by Gasteiger charge is 2.21. The van der Waals surface area contributed by atoms with Gasteiger partial charge in [-0.1, -0.05) is 29.3 Å². The number of aliphatic hydroxyl groups excluding tert-OH is 1. The van der Waals surface area contributed by atoms with E-state index in [-0.39, 0.29) is 18.4 Å². The zero-order valence-corrected chi connectivity index (χ0v) is 16.2. The van der Waals surface area contributed by atoms with Crippen molar-refractivity contribution in [2.45, 2.75) is 20.0 Å². The first-order valence-electron chi connectivity index (χ1n) is 7.65. The van der Waals surface area contributed by atoms with Gasteiger partial charge in [-0.3, -0.25) is 4.79 Å². The number of aliphatic hydroxyl groups is 1. The number of carbonyl (C=O) groups is 1. The number of nitrogens with zero attached hydrogens (tertiary/aromatic N) is 2. The minimum atomic E-state index is -0.487. The van der Waals surface area contributed by atoms with Crippen molar-refractivity contribution in [3.63, 3.8) is 0 Å². The summed E-state index contributed by atoms with van der Waals surface area (Å²) in [5, 5.41) is 10.5. The first-order valence-corrected chi connectivity index (χ1v) is 9.23. The van der Waals surface area contributed by atoms with Crippen molar-refractivity contribution < 1.29 is 14.6 Å². The summed E-state index contributed by atoms with van der Waals surface area (Å²) in [5.74, 6) is -0.156. The predicted octanol–water partition coefficient (Wildman–Crippen LogP) is 4.21. The van der Waals surface area contributed by atoms with Crippen LogP contribution in [-0.4, -0.2) is 33.6 Å². The quantitative estimate of drug-likeness (QED) is 0.610. The molecule has 0 spiro atoms. The minimum absolute atomic E-state index is 0.0801. The molecule has 3 rings (SSSR count). The monoisotopic (exact) mass is 411 g/mol. The van der Waals surface area contributed by atoms with Gasteiger partial charge in [-0.2, -0.15) is 9.97 Å². The number of ether oxygens (including phenoxy) is 1. The number of rotatable bonds is 5.